The Hall–Kier alpha value is -0.0831. The number of hydrogen-bond acceptors (Lipinski definition) is 1. The molecule has 0 aliphatic heterocycles. The Morgan fingerprint density at radius 3 is 2.00 bits per heavy atom. The van der Waals surface area contributed by atoms with E-state index in [9.17, 15) is 0 Å². The second-order valence-corrected chi connectivity index (χ2v) is 15.5. The third-order valence-corrected chi connectivity index (χ3v) is 12.6. The second-order valence-electron chi connectivity index (χ2n) is 10.7. The van der Waals surface area contributed by atoms with Crippen LogP contribution in [0.4, 0.5) is 0 Å². The molecule has 23 heavy (non-hydrogen) atoms. The molecule has 4 aliphatic carbocycles. The van der Waals surface area contributed by atoms with Crippen molar-refractivity contribution in [2.45, 2.75) is 64.6 Å². The van der Waals surface area contributed by atoms with Gasteiger partial charge >= 0.3 is 0 Å². The Labute approximate surface area is 144 Å². The van der Waals surface area contributed by atoms with E-state index in [1.165, 1.54) is 12.8 Å². The van der Waals surface area contributed by atoms with Crippen molar-refractivity contribution >= 4 is 8.32 Å². The fourth-order valence-electron chi connectivity index (χ4n) is 4.96. The lowest BCUT2D eigenvalue weighted by Gasteiger charge is -2.36. The van der Waals surface area contributed by atoms with Crippen molar-refractivity contribution in [3.63, 3.8) is 0 Å². The van der Waals surface area contributed by atoms with Crippen molar-refractivity contribution in [3.05, 3.63) is 12.7 Å². The minimum absolute atomic E-state index is 0.354. The Balaban J connectivity index is 1.18. The minimum atomic E-state index is -1.54. The summed E-state index contributed by atoms with van der Waals surface area (Å²) in [5, 5.41) is 0.354. The van der Waals surface area contributed by atoms with Gasteiger partial charge in [-0.25, -0.2) is 0 Å². The van der Waals surface area contributed by atoms with Crippen molar-refractivity contribution in [2.75, 3.05) is 6.61 Å². The van der Waals surface area contributed by atoms with E-state index in [4.69, 9.17) is 4.43 Å². The van der Waals surface area contributed by atoms with Crippen molar-refractivity contribution < 1.29 is 4.43 Å². The lowest BCUT2D eigenvalue weighted by molar-refractivity contribution is 0.261. The van der Waals surface area contributed by atoms with Gasteiger partial charge in [-0.05, 0) is 91.2 Å². The van der Waals surface area contributed by atoms with Gasteiger partial charge in [0, 0.05) is 6.61 Å². The highest BCUT2D eigenvalue weighted by molar-refractivity contribution is 6.74. The number of allylic oxidation sites excluding steroid dienone is 1. The van der Waals surface area contributed by atoms with Crippen LogP contribution in [-0.4, -0.2) is 14.9 Å². The molecule has 0 saturated heterocycles. The molecular formula is C21H36OSi. The van der Waals surface area contributed by atoms with Crippen LogP contribution in [0.3, 0.4) is 0 Å². The maximum atomic E-state index is 6.46. The second kappa shape index (κ2) is 5.21. The third kappa shape index (κ3) is 3.10. The van der Waals surface area contributed by atoms with Gasteiger partial charge in [-0.15, -0.1) is 6.58 Å². The van der Waals surface area contributed by atoms with Crippen molar-refractivity contribution in [1.82, 2.24) is 0 Å². The molecule has 0 unspecified atom stereocenters. The fourth-order valence-corrected chi connectivity index (χ4v) is 6.02. The van der Waals surface area contributed by atoms with Crippen LogP contribution in [-0.2, 0) is 4.43 Å². The quantitative estimate of drug-likeness (QED) is 0.427. The molecule has 0 aromatic carbocycles. The van der Waals surface area contributed by atoms with Crippen molar-refractivity contribution in [3.8, 4) is 0 Å². The predicted octanol–water partition coefficient (Wildman–Crippen LogP) is 5.74. The van der Waals surface area contributed by atoms with Crippen LogP contribution in [0.2, 0.25) is 18.1 Å². The molecule has 0 N–H and O–H groups in total. The van der Waals surface area contributed by atoms with E-state index in [1.54, 1.807) is 12.8 Å². The van der Waals surface area contributed by atoms with E-state index in [2.05, 4.69) is 46.5 Å². The maximum Gasteiger partial charge on any atom is 0.191 e. The zero-order chi connectivity index (χ0) is 16.6. The molecule has 8 atom stereocenters. The Morgan fingerprint density at radius 1 is 0.913 bits per heavy atom. The zero-order valence-corrected chi connectivity index (χ0v) is 16.8. The highest BCUT2D eigenvalue weighted by Gasteiger charge is 2.63. The van der Waals surface area contributed by atoms with Crippen LogP contribution in [0.25, 0.3) is 0 Å². The first-order valence-electron chi connectivity index (χ1n) is 9.99. The first kappa shape index (κ1) is 16.4. The molecule has 0 radical (unpaired) electrons. The maximum absolute atomic E-state index is 6.46. The highest BCUT2D eigenvalue weighted by atomic mass is 28.4. The summed E-state index contributed by atoms with van der Waals surface area (Å²) in [5.41, 5.74) is 0. The molecule has 4 rings (SSSR count). The van der Waals surface area contributed by atoms with Gasteiger partial charge in [0.15, 0.2) is 8.32 Å². The molecule has 130 valence electrons. The Bertz CT molecular complexity index is 491. The van der Waals surface area contributed by atoms with Gasteiger partial charge in [0.1, 0.15) is 0 Å². The molecule has 0 aromatic rings. The molecule has 0 amide bonds. The largest absolute Gasteiger partial charge is 0.417 e. The average Bonchev–Trinajstić information content (AvgIpc) is 3.31. The third-order valence-electron chi connectivity index (χ3n) is 8.07. The molecule has 0 aromatic heterocycles. The van der Waals surface area contributed by atoms with Gasteiger partial charge in [0.05, 0.1) is 0 Å². The molecule has 0 spiro atoms. The Kier molecular flexibility index (Phi) is 3.71. The molecular weight excluding hydrogens is 296 g/mol. The predicted molar refractivity (Wildman–Crippen MR) is 99.7 cm³/mol. The normalized spacial score (nSPS) is 48.0. The van der Waals surface area contributed by atoms with Crippen LogP contribution in [0.1, 0.15) is 46.5 Å². The summed E-state index contributed by atoms with van der Waals surface area (Å²) in [6, 6.07) is 0. The van der Waals surface area contributed by atoms with Gasteiger partial charge in [-0.3, -0.25) is 0 Å². The van der Waals surface area contributed by atoms with Crippen LogP contribution in [0.15, 0.2) is 12.7 Å². The number of rotatable bonds is 7. The van der Waals surface area contributed by atoms with E-state index >= 15 is 0 Å². The van der Waals surface area contributed by atoms with Crippen molar-refractivity contribution in [1.29, 1.82) is 0 Å². The van der Waals surface area contributed by atoms with Crippen LogP contribution in [0.5, 0.6) is 0 Å². The van der Waals surface area contributed by atoms with E-state index in [1.807, 2.05) is 0 Å². The van der Waals surface area contributed by atoms with Gasteiger partial charge in [0.25, 0.3) is 0 Å². The monoisotopic (exact) mass is 332 g/mol. The number of hydrogen-bond donors (Lipinski definition) is 0. The summed E-state index contributed by atoms with van der Waals surface area (Å²) >= 11 is 0. The summed E-state index contributed by atoms with van der Waals surface area (Å²) in [7, 11) is -1.54. The smallest absolute Gasteiger partial charge is 0.191 e. The minimum Gasteiger partial charge on any atom is -0.417 e. The zero-order valence-electron chi connectivity index (χ0n) is 15.8. The van der Waals surface area contributed by atoms with Crippen LogP contribution in [0, 0.1) is 47.3 Å². The van der Waals surface area contributed by atoms with Gasteiger partial charge < -0.3 is 4.43 Å². The van der Waals surface area contributed by atoms with E-state index in [0.29, 0.717) is 5.04 Å². The molecule has 2 heteroatoms. The summed E-state index contributed by atoms with van der Waals surface area (Å²) in [6.07, 6.45) is 8.22. The van der Waals surface area contributed by atoms with Crippen LogP contribution >= 0.6 is 0 Å². The summed E-state index contributed by atoms with van der Waals surface area (Å²) < 4.78 is 6.46. The first-order chi connectivity index (χ1) is 10.7. The standard InChI is InChI=1S/C21H36OSi/c1-7-13-8-15(13)17-10-19(17)20-11-18(20)16-9-14(16)12-22-23(5,6)21(2,3)4/h7,13-20H,1,8-12H2,2-6H3/t13-,14+,15-,16-,17+,18+,19-,20-/m1/s1. The molecule has 4 saturated carbocycles. The van der Waals surface area contributed by atoms with Crippen molar-refractivity contribution in [2.24, 2.45) is 47.3 Å². The summed E-state index contributed by atoms with van der Waals surface area (Å²) in [6.45, 7) is 16.9. The van der Waals surface area contributed by atoms with Crippen LogP contribution < -0.4 is 0 Å². The van der Waals surface area contributed by atoms with Gasteiger partial charge in [-0.2, -0.15) is 0 Å². The lowest BCUT2D eigenvalue weighted by Crippen LogP contribution is -2.41. The molecule has 1 nitrogen and oxygen atoms in total. The van der Waals surface area contributed by atoms with Gasteiger partial charge in [-0.1, -0.05) is 26.8 Å². The first-order valence-corrected chi connectivity index (χ1v) is 12.9. The fraction of sp³-hybridized carbons (Fsp3) is 0.905. The topological polar surface area (TPSA) is 9.23 Å². The van der Waals surface area contributed by atoms with E-state index < -0.39 is 8.32 Å². The van der Waals surface area contributed by atoms with E-state index in [-0.39, 0.29) is 0 Å². The molecule has 4 fully saturated rings. The average molecular weight is 333 g/mol. The lowest BCUT2D eigenvalue weighted by atomic mass is 10.1. The molecule has 0 bridgehead atoms. The molecule has 0 heterocycles. The molecule has 4 aliphatic rings. The summed E-state index contributed by atoms with van der Waals surface area (Å²) in [4.78, 5) is 0. The van der Waals surface area contributed by atoms with Gasteiger partial charge in [0.2, 0.25) is 0 Å². The van der Waals surface area contributed by atoms with E-state index in [0.717, 1.165) is 54.0 Å². The highest BCUT2D eigenvalue weighted by Crippen LogP contribution is 2.70. The SMILES string of the molecule is C=C[C@@H]1C[C@H]1[C@@H]1C[C@H]1[C@@H]1C[C@H]1[C@@H]1C[C@H]1CO[Si](C)(C)C(C)(C)C. The summed E-state index contributed by atoms with van der Waals surface area (Å²) in [5.74, 6) is 8.24. The Morgan fingerprint density at radius 2 is 1.48 bits per heavy atom.